The number of anilines is 1. The lowest BCUT2D eigenvalue weighted by atomic mass is 10.3. The van der Waals surface area contributed by atoms with Gasteiger partial charge >= 0.3 is 0 Å². The Morgan fingerprint density at radius 3 is 2.75 bits per heavy atom. The summed E-state index contributed by atoms with van der Waals surface area (Å²) in [6.45, 7) is 1.90. The molecule has 0 aliphatic heterocycles. The van der Waals surface area contributed by atoms with E-state index in [1.165, 1.54) is 0 Å². The van der Waals surface area contributed by atoms with Crippen molar-refractivity contribution in [1.82, 2.24) is 9.55 Å². The zero-order chi connectivity index (χ0) is 11.7. The third-order valence-electron chi connectivity index (χ3n) is 2.25. The molecule has 0 bridgehead atoms. The van der Waals surface area contributed by atoms with E-state index < -0.39 is 0 Å². The summed E-state index contributed by atoms with van der Waals surface area (Å²) in [7, 11) is 1.63. The lowest BCUT2D eigenvalue weighted by molar-refractivity contribution is 0.413. The summed E-state index contributed by atoms with van der Waals surface area (Å²) in [4.78, 5) is 4.16. The van der Waals surface area contributed by atoms with Crippen LogP contribution in [0.4, 0.5) is 5.95 Å². The van der Waals surface area contributed by atoms with E-state index in [0.29, 0.717) is 5.95 Å². The zero-order valence-electron chi connectivity index (χ0n) is 9.07. The van der Waals surface area contributed by atoms with Crippen molar-refractivity contribution >= 4 is 21.9 Å². The van der Waals surface area contributed by atoms with Crippen LogP contribution >= 0.6 is 15.9 Å². The first-order valence-electron chi connectivity index (χ1n) is 4.77. The summed E-state index contributed by atoms with van der Waals surface area (Å²) in [6.07, 6.45) is 1.87. The predicted molar refractivity (Wildman–Crippen MR) is 67.0 cm³/mol. The van der Waals surface area contributed by atoms with Gasteiger partial charge in [0.1, 0.15) is 5.75 Å². The molecule has 0 amide bonds. The first kappa shape index (κ1) is 11.0. The highest BCUT2D eigenvalue weighted by Gasteiger charge is 2.09. The lowest BCUT2D eigenvalue weighted by Gasteiger charge is -2.10. The number of nitrogen functional groups attached to an aromatic ring is 1. The molecule has 5 heteroatoms. The smallest absolute Gasteiger partial charge is 0.205 e. The molecule has 0 radical (unpaired) electrons. The van der Waals surface area contributed by atoms with Crippen molar-refractivity contribution < 1.29 is 4.74 Å². The Morgan fingerprint density at radius 1 is 1.44 bits per heavy atom. The van der Waals surface area contributed by atoms with Crippen LogP contribution in [0.15, 0.2) is 28.9 Å². The number of imidazole rings is 1. The molecular weight excluding hydrogens is 270 g/mol. The van der Waals surface area contributed by atoms with Gasteiger partial charge in [-0.25, -0.2) is 4.98 Å². The topological polar surface area (TPSA) is 53.1 Å². The molecule has 0 saturated carbocycles. The Morgan fingerprint density at radius 2 is 2.19 bits per heavy atom. The Kier molecular flexibility index (Phi) is 2.87. The number of aromatic nitrogens is 2. The van der Waals surface area contributed by atoms with Gasteiger partial charge in [0.05, 0.1) is 18.5 Å². The van der Waals surface area contributed by atoms with Crippen LogP contribution in [-0.4, -0.2) is 16.7 Å². The molecule has 16 heavy (non-hydrogen) atoms. The molecular formula is C11H12BrN3O. The number of rotatable bonds is 2. The van der Waals surface area contributed by atoms with Gasteiger partial charge in [-0.1, -0.05) is 15.9 Å². The molecule has 4 nitrogen and oxygen atoms in total. The molecule has 0 atom stereocenters. The Bertz CT molecular complexity index is 522. The van der Waals surface area contributed by atoms with Crippen LogP contribution in [0.1, 0.15) is 5.69 Å². The number of hydrogen-bond acceptors (Lipinski definition) is 3. The molecule has 84 valence electrons. The van der Waals surface area contributed by atoms with Crippen molar-refractivity contribution in [1.29, 1.82) is 0 Å². The molecule has 0 aliphatic carbocycles. The van der Waals surface area contributed by atoms with Gasteiger partial charge in [0, 0.05) is 10.7 Å². The second kappa shape index (κ2) is 4.17. The SMILES string of the molecule is COc1ccc(Br)cc1-n1cc(C)nc1N. The Balaban J connectivity index is 2.62. The van der Waals surface area contributed by atoms with Gasteiger partial charge < -0.3 is 10.5 Å². The fourth-order valence-electron chi connectivity index (χ4n) is 1.56. The minimum Gasteiger partial charge on any atom is -0.495 e. The predicted octanol–water partition coefficient (Wildman–Crippen LogP) is 2.53. The minimum atomic E-state index is 0.453. The third kappa shape index (κ3) is 1.90. The standard InChI is InChI=1S/C11H12BrN3O/c1-7-6-15(11(13)14-7)9-5-8(12)3-4-10(9)16-2/h3-6H,1-2H3,(H2,13,14). The third-order valence-corrected chi connectivity index (χ3v) is 2.75. The second-order valence-corrected chi connectivity index (χ2v) is 4.34. The summed E-state index contributed by atoms with van der Waals surface area (Å²) in [6, 6.07) is 5.74. The molecule has 1 aromatic carbocycles. The first-order valence-corrected chi connectivity index (χ1v) is 5.56. The quantitative estimate of drug-likeness (QED) is 0.920. The summed E-state index contributed by atoms with van der Waals surface area (Å²) in [5.41, 5.74) is 7.57. The summed E-state index contributed by atoms with van der Waals surface area (Å²) in [5, 5.41) is 0. The summed E-state index contributed by atoms with van der Waals surface area (Å²) in [5.74, 6) is 1.21. The van der Waals surface area contributed by atoms with Gasteiger partial charge in [0.25, 0.3) is 0 Å². The Labute approximate surface area is 102 Å². The van der Waals surface area contributed by atoms with E-state index in [1.54, 1.807) is 11.7 Å². The summed E-state index contributed by atoms with van der Waals surface area (Å²) >= 11 is 3.42. The van der Waals surface area contributed by atoms with Crippen LogP contribution in [-0.2, 0) is 0 Å². The number of ether oxygens (including phenoxy) is 1. The van der Waals surface area contributed by atoms with E-state index in [4.69, 9.17) is 10.5 Å². The van der Waals surface area contributed by atoms with Gasteiger partial charge in [-0.3, -0.25) is 4.57 Å². The van der Waals surface area contributed by atoms with Gasteiger partial charge in [0.2, 0.25) is 5.95 Å². The van der Waals surface area contributed by atoms with E-state index in [-0.39, 0.29) is 0 Å². The van der Waals surface area contributed by atoms with Gasteiger partial charge in [-0.2, -0.15) is 0 Å². The molecule has 1 aromatic heterocycles. The monoisotopic (exact) mass is 281 g/mol. The van der Waals surface area contributed by atoms with Crippen LogP contribution in [0, 0.1) is 6.92 Å². The highest BCUT2D eigenvalue weighted by molar-refractivity contribution is 9.10. The average Bonchev–Trinajstić information content (AvgIpc) is 2.57. The number of nitrogens with two attached hydrogens (primary N) is 1. The molecule has 2 rings (SSSR count). The normalized spacial score (nSPS) is 10.4. The second-order valence-electron chi connectivity index (χ2n) is 3.43. The molecule has 0 aliphatic rings. The van der Waals surface area contributed by atoms with Crippen molar-refractivity contribution in [3.8, 4) is 11.4 Å². The zero-order valence-corrected chi connectivity index (χ0v) is 10.7. The average molecular weight is 282 g/mol. The van der Waals surface area contributed by atoms with E-state index in [1.807, 2.05) is 31.3 Å². The number of nitrogens with zero attached hydrogens (tertiary/aromatic N) is 2. The molecule has 2 N–H and O–H groups in total. The number of benzene rings is 1. The van der Waals surface area contributed by atoms with E-state index >= 15 is 0 Å². The molecule has 2 aromatic rings. The maximum Gasteiger partial charge on any atom is 0.205 e. The molecule has 0 spiro atoms. The van der Waals surface area contributed by atoms with Crippen molar-refractivity contribution in [3.63, 3.8) is 0 Å². The fraction of sp³-hybridized carbons (Fsp3) is 0.182. The molecule has 1 heterocycles. The molecule has 0 unspecified atom stereocenters. The van der Waals surface area contributed by atoms with E-state index in [0.717, 1.165) is 21.6 Å². The largest absolute Gasteiger partial charge is 0.495 e. The highest BCUT2D eigenvalue weighted by Crippen LogP contribution is 2.28. The van der Waals surface area contributed by atoms with E-state index in [9.17, 15) is 0 Å². The number of halogens is 1. The Hall–Kier alpha value is -1.49. The van der Waals surface area contributed by atoms with Gasteiger partial charge in [-0.15, -0.1) is 0 Å². The summed E-state index contributed by atoms with van der Waals surface area (Å²) < 4.78 is 8.07. The van der Waals surface area contributed by atoms with Crippen molar-refractivity contribution in [2.75, 3.05) is 12.8 Å². The van der Waals surface area contributed by atoms with Crippen molar-refractivity contribution in [2.45, 2.75) is 6.92 Å². The van der Waals surface area contributed by atoms with Crippen LogP contribution in [0.3, 0.4) is 0 Å². The molecule has 0 fully saturated rings. The first-order chi connectivity index (χ1) is 7.61. The maximum atomic E-state index is 5.83. The van der Waals surface area contributed by atoms with Gasteiger partial charge in [-0.05, 0) is 25.1 Å². The number of aryl methyl sites for hydroxylation is 1. The number of methoxy groups -OCH3 is 1. The fourth-order valence-corrected chi connectivity index (χ4v) is 1.91. The van der Waals surface area contributed by atoms with Crippen LogP contribution in [0.5, 0.6) is 5.75 Å². The molecule has 0 saturated heterocycles. The van der Waals surface area contributed by atoms with Crippen LogP contribution < -0.4 is 10.5 Å². The van der Waals surface area contributed by atoms with Crippen molar-refractivity contribution in [2.24, 2.45) is 0 Å². The van der Waals surface area contributed by atoms with Crippen LogP contribution in [0.2, 0.25) is 0 Å². The van der Waals surface area contributed by atoms with Crippen molar-refractivity contribution in [3.05, 3.63) is 34.6 Å². The highest BCUT2D eigenvalue weighted by atomic mass is 79.9. The van der Waals surface area contributed by atoms with Crippen LogP contribution in [0.25, 0.3) is 5.69 Å². The number of hydrogen-bond donors (Lipinski definition) is 1. The maximum absolute atomic E-state index is 5.83. The minimum absolute atomic E-state index is 0.453. The van der Waals surface area contributed by atoms with E-state index in [2.05, 4.69) is 20.9 Å². The van der Waals surface area contributed by atoms with Gasteiger partial charge in [0.15, 0.2) is 0 Å². The lowest BCUT2D eigenvalue weighted by Crippen LogP contribution is -2.01.